The molecule has 0 rings (SSSR count). The molecule has 478 valence electrons. The van der Waals surface area contributed by atoms with Crippen LogP contribution >= 0.6 is 0 Å². The Labute approximate surface area is 510 Å². The average molecular weight is 1150 g/mol. The fourth-order valence-corrected chi connectivity index (χ4v) is 10.9. The number of carbonyl (C=O) groups is 3. The lowest BCUT2D eigenvalue weighted by Crippen LogP contribution is -2.30. The first-order valence-corrected chi connectivity index (χ1v) is 36.3. The molecule has 0 spiro atoms. The summed E-state index contributed by atoms with van der Waals surface area (Å²) in [5.74, 6) is -0.873. The van der Waals surface area contributed by atoms with Crippen molar-refractivity contribution in [2.24, 2.45) is 0 Å². The molecule has 82 heavy (non-hydrogen) atoms. The second kappa shape index (κ2) is 70.6. The molecule has 0 radical (unpaired) electrons. The van der Waals surface area contributed by atoms with E-state index in [4.69, 9.17) is 14.2 Å². The maximum absolute atomic E-state index is 12.9. The van der Waals surface area contributed by atoms with Crippen LogP contribution in [-0.4, -0.2) is 37.2 Å². The number of ether oxygens (including phenoxy) is 3. The standard InChI is InChI=1S/C76H138O6/c1-4-7-10-13-16-19-22-25-27-29-31-33-34-35-36-37-38-39-40-41-42-44-45-47-49-51-54-57-60-63-66-69-75(78)81-72-73(71-80-74(77)68-65-62-59-56-53-24-21-18-15-12-9-6-3)82-76(79)70-67-64-61-58-55-52-50-48-46-43-32-30-28-26-23-20-17-14-11-8-5-2/h8,11,17,20,26,28,32,43,48,50,73H,4-7,9-10,12-16,18-19,21-25,27,29-31,33-42,44-47,49,51-72H2,1-3H3/b11-8-,20-17-,28-26-,43-32-,50-48-. The molecule has 1 unspecified atom stereocenters. The van der Waals surface area contributed by atoms with Crippen LogP contribution in [0.5, 0.6) is 0 Å². The SMILES string of the molecule is CC/C=C\C/C=C\C/C=C\C/C=C\C/C=C\CCCCCCCC(=O)OC(COC(=O)CCCCCCCCCCCCCC)COC(=O)CCCCCCCCCCCCCCCCCCCCCCCCCCCCCCCCC. The number of carbonyl (C=O) groups excluding carboxylic acids is 3. The molecule has 0 N–H and O–H groups in total. The molecule has 6 nitrogen and oxygen atoms in total. The van der Waals surface area contributed by atoms with Crippen molar-refractivity contribution in [1.29, 1.82) is 0 Å². The van der Waals surface area contributed by atoms with Crippen molar-refractivity contribution in [1.82, 2.24) is 0 Å². The van der Waals surface area contributed by atoms with Gasteiger partial charge in [-0.3, -0.25) is 14.4 Å². The summed E-state index contributed by atoms with van der Waals surface area (Å²) in [6.45, 7) is 6.57. The predicted molar refractivity (Wildman–Crippen MR) is 358 cm³/mol. The second-order valence-electron chi connectivity index (χ2n) is 24.5. The van der Waals surface area contributed by atoms with E-state index in [0.29, 0.717) is 19.3 Å². The Kier molecular flexibility index (Phi) is 68.1. The minimum Gasteiger partial charge on any atom is -0.462 e. The van der Waals surface area contributed by atoms with Gasteiger partial charge in [0.05, 0.1) is 0 Å². The molecular formula is C76H138O6. The highest BCUT2D eigenvalue weighted by molar-refractivity contribution is 5.71. The number of rotatable bonds is 67. The molecule has 0 saturated heterocycles. The van der Waals surface area contributed by atoms with E-state index in [1.807, 2.05) is 0 Å². The molecule has 0 aliphatic carbocycles. The van der Waals surface area contributed by atoms with Crippen LogP contribution in [0.25, 0.3) is 0 Å². The van der Waals surface area contributed by atoms with Crippen molar-refractivity contribution >= 4 is 17.9 Å². The third-order valence-electron chi connectivity index (χ3n) is 16.3. The Hall–Kier alpha value is -2.89. The van der Waals surface area contributed by atoms with Gasteiger partial charge in [0.2, 0.25) is 0 Å². The van der Waals surface area contributed by atoms with E-state index in [-0.39, 0.29) is 31.1 Å². The number of esters is 3. The fraction of sp³-hybridized carbons (Fsp3) is 0.829. The number of unbranched alkanes of at least 4 members (excludes halogenated alkanes) is 46. The highest BCUT2D eigenvalue weighted by Crippen LogP contribution is 2.19. The smallest absolute Gasteiger partial charge is 0.306 e. The summed E-state index contributed by atoms with van der Waals surface area (Å²) in [6, 6.07) is 0. The van der Waals surface area contributed by atoms with E-state index in [9.17, 15) is 14.4 Å². The van der Waals surface area contributed by atoms with Crippen LogP contribution in [0, 0.1) is 0 Å². The monoisotopic (exact) mass is 1150 g/mol. The van der Waals surface area contributed by atoms with E-state index < -0.39 is 6.10 Å². The van der Waals surface area contributed by atoms with Crippen LogP contribution in [0.2, 0.25) is 0 Å². The highest BCUT2D eigenvalue weighted by atomic mass is 16.6. The summed E-state index contributed by atoms with van der Waals surface area (Å²) >= 11 is 0. The van der Waals surface area contributed by atoms with Gasteiger partial charge in [0.1, 0.15) is 13.2 Å². The summed E-state index contributed by atoms with van der Waals surface area (Å²) in [5.41, 5.74) is 0. The van der Waals surface area contributed by atoms with Gasteiger partial charge in [0.15, 0.2) is 6.10 Å². The number of hydrogen-bond donors (Lipinski definition) is 0. The van der Waals surface area contributed by atoms with E-state index in [2.05, 4.69) is 81.5 Å². The molecule has 0 bridgehead atoms. The molecule has 0 fully saturated rings. The van der Waals surface area contributed by atoms with E-state index >= 15 is 0 Å². The summed E-state index contributed by atoms with van der Waals surface area (Å²) < 4.78 is 17.0. The van der Waals surface area contributed by atoms with Gasteiger partial charge < -0.3 is 14.2 Å². The van der Waals surface area contributed by atoms with Gasteiger partial charge in [-0.15, -0.1) is 0 Å². The van der Waals surface area contributed by atoms with Crippen molar-refractivity contribution in [3.05, 3.63) is 60.8 Å². The van der Waals surface area contributed by atoms with Crippen molar-refractivity contribution < 1.29 is 28.6 Å². The van der Waals surface area contributed by atoms with Crippen LogP contribution in [-0.2, 0) is 28.6 Å². The lowest BCUT2D eigenvalue weighted by molar-refractivity contribution is -0.167. The van der Waals surface area contributed by atoms with Gasteiger partial charge in [0, 0.05) is 19.3 Å². The summed E-state index contributed by atoms with van der Waals surface area (Å²) in [4.78, 5) is 38.4. The first-order valence-electron chi connectivity index (χ1n) is 36.3. The molecule has 0 aliphatic rings. The van der Waals surface area contributed by atoms with Crippen molar-refractivity contribution in [3.8, 4) is 0 Å². The van der Waals surface area contributed by atoms with Crippen LogP contribution in [0.3, 0.4) is 0 Å². The zero-order valence-corrected chi connectivity index (χ0v) is 55.0. The molecule has 0 saturated carbocycles. The van der Waals surface area contributed by atoms with Gasteiger partial charge in [-0.05, 0) is 64.2 Å². The largest absolute Gasteiger partial charge is 0.462 e. The third kappa shape index (κ3) is 67.9. The van der Waals surface area contributed by atoms with Gasteiger partial charge in [0.25, 0.3) is 0 Å². The maximum Gasteiger partial charge on any atom is 0.306 e. The first-order chi connectivity index (χ1) is 40.5. The Morgan fingerprint density at radius 2 is 0.476 bits per heavy atom. The number of hydrogen-bond acceptors (Lipinski definition) is 6. The maximum atomic E-state index is 12.9. The minimum absolute atomic E-state index is 0.0775. The molecule has 6 heteroatoms. The summed E-state index contributed by atoms with van der Waals surface area (Å²) in [7, 11) is 0. The number of allylic oxidation sites excluding steroid dienone is 10. The van der Waals surface area contributed by atoms with Crippen LogP contribution in [0.15, 0.2) is 60.8 Å². The Bertz CT molecular complexity index is 1460. The van der Waals surface area contributed by atoms with Crippen LogP contribution < -0.4 is 0 Å². The molecule has 0 aliphatic heterocycles. The van der Waals surface area contributed by atoms with Gasteiger partial charge in [-0.1, -0.05) is 364 Å². The average Bonchev–Trinajstić information content (AvgIpc) is 3.47. The molecule has 0 heterocycles. The van der Waals surface area contributed by atoms with Gasteiger partial charge >= 0.3 is 17.9 Å². The molecule has 0 amide bonds. The fourth-order valence-electron chi connectivity index (χ4n) is 10.9. The van der Waals surface area contributed by atoms with Crippen molar-refractivity contribution in [2.45, 2.75) is 393 Å². The van der Waals surface area contributed by atoms with E-state index in [0.717, 1.165) is 109 Å². The van der Waals surface area contributed by atoms with Crippen LogP contribution in [0.1, 0.15) is 387 Å². The lowest BCUT2D eigenvalue weighted by Gasteiger charge is -2.18. The quantitative estimate of drug-likeness (QED) is 0.0261. The third-order valence-corrected chi connectivity index (χ3v) is 16.3. The zero-order valence-electron chi connectivity index (χ0n) is 55.0. The van der Waals surface area contributed by atoms with Crippen molar-refractivity contribution in [2.75, 3.05) is 13.2 Å². The molecule has 0 aromatic carbocycles. The molecular weight excluding hydrogens is 1010 g/mol. The van der Waals surface area contributed by atoms with Crippen LogP contribution in [0.4, 0.5) is 0 Å². The molecule has 0 aromatic rings. The minimum atomic E-state index is -0.783. The summed E-state index contributed by atoms with van der Waals surface area (Å²) in [5, 5.41) is 0. The Balaban J connectivity index is 4.17. The highest BCUT2D eigenvalue weighted by Gasteiger charge is 2.19. The Morgan fingerprint density at radius 1 is 0.256 bits per heavy atom. The van der Waals surface area contributed by atoms with Gasteiger partial charge in [-0.2, -0.15) is 0 Å². The summed E-state index contributed by atoms with van der Waals surface area (Å²) in [6.07, 6.45) is 91.3. The lowest BCUT2D eigenvalue weighted by atomic mass is 10.0. The normalized spacial score (nSPS) is 12.4. The predicted octanol–water partition coefficient (Wildman–Crippen LogP) is 25.1. The van der Waals surface area contributed by atoms with Gasteiger partial charge in [-0.25, -0.2) is 0 Å². The van der Waals surface area contributed by atoms with Crippen molar-refractivity contribution in [3.63, 3.8) is 0 Å². The molecule has 0 aromatic heterocycles. The first kappa shape index (κ1) is 79.1. The Morgan fingerprint density at radius 3 is 0.744 bits per heavy atom. The topological polar surface area (TPSA) is 78.9 Å². The second-order valence-corrected chi connectivity index (χ2v) is 24.5. The van der Waals surface area contributed by atoms with E-state index in [1.165, 1.54) is 238 Å². The van der Waals surface area contributed by atoms with E-state index in [1.54, 1.807) is 0 Å². The zero-order chi connectivity index (χ0) is 59.2. The molecule has 1 atom stereocenters.